The quantitative estimate of drug-likeness (QED) is 0.269. The Morgan fingerprint density at radius 3 is 2.46 bits per heavy atom. The van der Waals surface area contributed by atoms with Crippen LogP contribution in [0.1, 0.15) is 11.1 Å². The molecule has 1 fully saturated rings. The van der Waals surface area contributed by atoms with Crippen LogP contribution >= 0.6 is 23.4 Å². The van der Waals surface area contributed by atoms with Crippen LogP contribution in [0.2, 0.25) is 5.02 Å². The first-order chi connectivity index (χ1) is 18.0. The molecule has 1 saturated heterocycles. The van der Waals surface area contributed by atoms with Gasteiger partial charge in [-0.15, -0.1) is 0 Å². The molecule has 0 radical (unpaired) electrons. The van der Waals surface area contributed by atoms with E-state index in [1.54, 1.807) is 36.4 Å². The third-order valence-electron chi connectivity index (χ3n) is 5.78. The molecule has 0 bridgehead atoms. The first-order valence-corrected chi connectivity index (χ1v) is 12.7. The van der Waals surface area contributed by atoms with Gasteiger partial charge in [-0.1, -0.05) is 78.3 Å². The fourth-order valence-corrected chi connectivity index (χ4v) is 4.96. The molecule has 1 N–H and O–H groups in total. The highest BCUT2D eigenvalue weighted by atomic mass is 35.5. The van der Waals surface area contributed by atoms with Crippen LogP contribution in [0, 0.1) is 0 Å². The van der Waals surface area contributed by atoms with Crippen molar-refractivity contribution in [3.63, 3.8) is 0 Å². The van der Waals surface area contributed by atoms with E-state index in [2.05, 4.69) is 5.32 Å². The van der Waals surface area contributed by atoms with E-state index in [4.69, 9.17) is 16.3 Å². The number of nitrogens with zero attached hydrogens (tertiary/aromatic N) is 1. The fraction of sp³-hybridized carbons (Fsp3) is 0.0690. The van der Waals surface area contributed by atoms with E-state index < -0.39 is 17.1 Å². The van der Waals surface area contributed by atoms with Gasteiger partial charge in [-0.3, -0.25) is 19.3 Å². The minimum absolute atomic E-state index is 0.219. The smallest absolute Gasteiger partial charge is 0.294 e. The summed E-state index contributed by atoms with van der Waals surface area (Å²) in [5, 5.41) is 4.62. The second-order valence-electron chi connectivity index (χ2n) is 8.26. The number of anilines is 1. The summed E-state index contributed by atoms with van der Waals surface area (Å²) in [5.41, 5.74) is 2.09. The maximum Gasteiger partial charge on any atom is 0.294 e. The number of thioether (sulfide) groups is 1. The first-order valence-electron chi connectivity index (χ1n) is 11.5. The highest BCUT2D eigenvalue weighted by molar-refractivity contribution is 8.18. The summed E-state index contributed by atoms with van der Waals surface area (Å²) in [6.45, 7) is -0.137. The molecular weight excluding hydrogens is 508 g/mol. The zero-order chi connectivity index (χ0) is 25.8. The van der Waals surface area contributed by atoms with E-state index in [0.717, 1.165) is 33.0 Å². The Balaban J connectivity index is 1.42. The monoisotopic (exact) mass is 528 g/mol. The zero-order valence-electron chi connectivity index (χ0n) is 19.5. The van der Waals surface area contributed by atoms with Crippen LogP contribution in [0.15, 0.2) is 95.9 Å². The van der Waals surface area contributed by atoms with Gasteiger partial charge < -0.3 is 10.1 Å². The lowest BCUT2D eigenvalue weighted by molar-refractivity contribution is -0.127. The van der Waals surface area contributed by atoms with Crippen molar-refractivity contribution < 1.29 is 19.1 Å². The topological polar surface area (TPSA) is 75.7 Å². The summed E-state index contributed by atoms with van der Waals surface area (Å²) in [5.74, 6) is -0.431. The first kappa shape index (κ1) is 24.6. The molecule has 4 aromatic rings. The molecule has 0 saturated carbocycles. The third kappa shape index (κ3) is 5.53. The number of hydrogen-bond acceptors (Lipinski definition) is 5. The molecule has 0 aromatic heterocycles. The van der Waals surface area contributed by atoms with Crippen LogP contribution in [-0.2, 0) is 16.2 Å². The van der Waals surface area contributed by atoms with Crippen LogP contribution < -0.4 is 10.1 Å². The molecule has 1 aliphatic heterocycles. The Morgan fingerprint density at radius 2 is 1.65 bits per heavy atom. The molecule has 6 nitrogen and oxygen atoms in total. The maximum absolute atomic E-state index is 13.2. The van der Waals surface area contributed by atoms with Crippen LogP contribution in [0.4, 0.5) is 10.5 Å². The summed E-state index contributed by atoms with van der Waals surface area (Å²) in [7, 11) is 0. The third-order valence-corrected chi connectivity index (χ3v) is 7.06. The lowest BCUT2D eigenvalue weighted by Gasteiger charge is -2.14. The zero-order valence-corrected chi connectivity index (χ0v) is 21.1. The van der Waals surface area contributed by atoms with Gasteiger partial charge in [0, 0.05) is 21.8 Å². The SMILES string of the molecule is O=C(CN1C(=O)S/C(=C\c2c(OCc3ccccc3Cl)ccc3ccccc23)C1=O)Nc1ccccc1. The molecule has 8 heteroatoms. The molecule has 3 amide bonds. The van der Waals surface area contributed by atoms with Crippen LogP contribution in [-0.4, -0.2) is 28.5 Å². The van der Waals surface area contributed by atoms with E-state index in [1.165, 1.54) is 0 Å². The molecular formula is C29H21ClN2O4S. The van der Waals surface area contributed by atoms with E-state index >= 15 is 0 Å². The van der Waals surface area contributed by atoms with Gasteiger partial charge in [0.1, 0.15) is 18.9 Å². The van der Waals surface area contributed by atoms with Crippen molar-refractivity contribution in [2.24, 2.45) is 0 Å². The van der Waals surface area contributed by atoms with Crippen molar-refractivity contribution in [2.75, 3.05) is 11.9 Å². The van der Waals surface area contributed by atoms with Gasteiger partial charge in [-0.2, -0.15) is 0 Å². The fourth-order valence-electron chi connectivity index (χ4n) is 3.95. The van der Waals surface area contributed by atoms with E-state index in [0.29, 0.717) is 22.0 Å². The molecule has 0 spiro atoms. The Labute approximate surface area is 222 Å². The second kappa shape index (κ2) is 10.9. The Bertz CT molecular complexity index is 1540. The van der Waals surface area contributed by atoms with Gasteiger partial charge in [0.2, 0.25) is 5.91 Å². The van der Waals surface area contributed by atoms with Gasteiger partial charge in [0.25, 0.3) is 11.1 Å². The molecule has 4 aromatic carbocycles. The van der Waals surface area contributed by atoms with Crippen LogP contribution in [0.3, 0.4) is 0 Å². The molecule has 1 heterocycles. The normalized spacial score (nSPS) is 14.4. The minimum atomic E-state index is -0.525. The number of para-hydroxylation sites is 1. The Kier molecular flexibility index (Phi) is 7.25. The summed E-state index contributed by atoms with van der Waals surface area (Å²) in [6, 6.07) is 27.8. The number of carbonyl (C=O) groups is 3. The number of rotatable bonds is 7. The summed E-state index contributed by atoms with van der Waals surface area (Å²) in [4.78, 5) is 39.5. The van der Waals surface area contributed by atoms with E-state index in [1.807, 2.05) is 60.7 Å². The van der Waals surface area contributed by atoms with Gasteiger partial charge in [0.05, 0.1) is 4.91 Å². The lowest BCUT2D eigenvalue weighted by atomic mass is 10.0. The molecule has 184 valence electrons. The van der Waals surface area contributed by atoms with Gasteiger partial charge in [-0.05, 0) is 52.9 Å². The molecule has 5 rings (SSSR count). The molecule has 0 unspecified atom stereocenters. The minimum Gasteiger partial charge on any atom is -0.488 e. The molecule has 1 aliphatic rings. The number of fused-ring (bicyclic) bond motifs is 1. The number of amides is 3. The van der Waals surface area contributed by atoms with Gasteiger partial charge in [0.15, 0.2) is 0 Å². The largest absolute Gasteiger partial charge is 0.488 e. The van der Waals surface area contributed by atoms with E-state index in [9.17, 15) is 14.4 Å². The molecule has 0 atom stereocenters. The van der Waals surface area contributed by atoms with Crippen molar-refractivity contribution in [3.05, 3.63) is 112 Å². The highest BCUT2D eigenvalue weighted by Crippen LogP contribution is 2.37. The number of halogens is 1. The highest BCUT2D eigenvalue weighted by Gasteiger charge is 2.36. The lowest BCUT2D eigenvalue weighted by Crippen LogP contribution is -2.36. The van der Waals surface area contributed by atoms with Gasteiger partial charge >= 0.3 is 0 Å². The number of imide groups is 1. The average molecular weight is 529 g/mol. The summed E-state index contributed by atoms with van der Waals surface area (Å²) < 4.78 is 6.13. The average Bonchev–Trinajstić information content (AvgIpc) is 3.17. The second-order valence-corrected chi connectivity index (χ2v) is 9.66. The van der Waals surface area contributed by atoms with Crippen molar-refractivity contribution in [1.29, 1.82) is 0 Å². The Hall–Kier alpha value is -4.07. The number of nitrogens with one attached hydrogen (secondary N) is 1. The molecule has 0 aliphatic carbocycles. The number of carbonyl (C=O) groups excluding carboxylic acids is 3. The number of hydrogen-bond donors (Lipinski definition) is 1. The molecule has 37 heavy (non-hydrogen) atoms. The van der Waals surface area contributed by atoms with Crippen LogP contribution in [0.5, 0.6) is 5.75 Å². The van der Waals surface area contributed by atoms with Gasteiger partial charge in [-0.25, -0.2) is 0 Å². The van der Waals surface area contributed by atoms with E-state index in [-0.39, 0.29) is 18.1 Å². The summed E-state index contributed by atoms with van der Waals surface area (Å²) >= 11 is 7.09. The van der Waals surface area contributed by atoms with Crippen molar-refractivity contribution >= 4 is 63.0 Å². The van der Waals surface area contributed by atoms with Crippen molar-refractivity contribution in [3.8, 4) is 5.75 Å². The van der Waals surface area contributed by atoms with Crippen molar-refractivity contribution in [2.45, 2.75) is 6.61 Å². The van der Waals surface area contributed by atoms with Crippen LogP contribution in [0.25, 0.3) is 16.8 Å². The predicted molar refractivity (Wildman–Crippen MR) is 147 cm³/mol. The van der Waals surface area contributed by atoms with Crippen molar-refractivity contribution in [1.82, 2.24) is 4.90 Å². The Morgan fingerprint density at radius 1 is 0.919 bits per heavy atom. The number of benzene rings is 4. The predicted octanol–water partition coefficient (Wildman–Crippen LogP) is 6.75. The number of ether oxygens (including phenoxy) is 1. The standard InChI is InChI=1S/C29H21ClN2O4S/c30-24-13-7-5-9-20(24)18-36-25-15-14-19-8-4-6-12-22(19)23(25)16-26-28(34)32(29(35)37-26)17-27(33)31-21-10-2-1-3-11-21/h1-16H,17-18H2,(H,31,33)/b26-16-. The summed E-state index contributed by atoms with van der Waals surface area (Å²) in [6.07, 6.45) is 1.66. The maximum atomic E-state index is 13.2.